The predicted octanol–water partition coefficient (Wildman–Crippen LogP) is 4.38. The van der Waals surface area contributed by atoms with Crippen LogP contribution in [0.1, 0.15) is 45.1 Å². The van der Waals surface area contributed by atoms with Gasteiger partial charge in [0.05, 0.1) is 12.7 Å². The van der Waals surface area contributed by atoms with Crippen molar-refractivity contribution in [3.8, 4) is 0 Å². The van der Waals surface area contributed by atoms with Gasteiger partial charge in [-0.05, 0) is 25.3 Å². The van der Waals surface area contributed by atoms with E-state index in [1.165, 1.54) is 31.2 Å². The normalized spacial score (nSPS) is 12.6. The Kier molecular flexibility index (Phi) is 6.91. The third-order valence-electron chi connectivity index (χ3n) is 2.66. The fourth-order valence-electron chi connectivity index (χ4n) is 1.62. The van der Waals surface area contributed by atoms with E-state index in [9.17, 15) is 0 Å². The molecule has 0 saturated heterocycles. The van der Waals surface area contributed by atoms with Gasteiger partial charge in [-0.15, -0.1) is 0 Å². The maximum absolute atomic E-state index is 5.75. The molecular weight excluding hydrogens is 196 g/mol. The van der Waals surface area contributed by atoms with Crippen molar-refractivity contribution in [3.05, 3.63) is 42.3 Å². The summed E-state index contributed by atoms with van der Waals surface area (Å²) in [4.78, 5) is 0. The van der Waals surface area contributed by atoms with Gasteiger partial charge in [0.25, 0.3) is 0 Å². The van der Waals surface area contributed by atoms with E-state index >= 15 is 0 Å². The summed E-state index contributed by atoms with van der Waals surface area (Å²) in [7, 11) is 0. The highest BCUT2D eigenvalue weighted by Crippen LogP contribution is 2.09. The summed E-state index contributed by atoms with van der Waals surface area (Å²) in [5, 5.41) is 0. The standard InChI is InChI=1S/C15H23O/c1-3-4-5-7-10-14(2)16-13-15-11-8-6-9-12-15/h6,8-12,14H,3-5,7,13H2,1-2H3. The molecule has 0 amide bonds. The quantitative estimate of drug-likeness (QED) is 0.590. The van der Waals surface area contributed by atoms with E-state index in [1.807, 2.05) is 18.2 Å². The van der Waals surface area contributed by atoms with Crippen molar-refractivity contribution < 1.29 is 4.74 Å². The van der Waals surface area contributed by atoms with E-state index in [4.69, 9.17) is 4.74 Å². The van der Waals surface area contributed by atoms with Crippen molar-refractivity contribution in [1.82, 2.24) is 0 Å². The van der Waals surface area contributed by atoms with Gasteiger partial charge in [0.2, 0.25) is 0 Å². The number of hydrogen-bond acceptors (Lipinski definition) is 1. The van der Waals surface area contributed by atoms with E-state index in [-0.39, 0.29) is 6.10 Å². The van der Waals surface area contributed by atoms with E-state index in [1.54, 1.807) is 0 Å². The topological polar surface area (TPSA) is 9.23 Å². The molecule has 16 heavy (non-hydrogen) atoms. The predicted molar refractivity (Wildman–Crippen MR) is 69.1 cm³/mol. The molecular formula is C15H23O. The minimum absolute atomic E-state index is 0.261. The fraction of sp³-hybridized carbons (Fsp3) is 0.533. The molecule has 1 radical (unpaired) electrons. The second kappa shape index (κ2) is 8.35. The number of ether oxygens (including phenoxy) is 1. The molecule has 1 heteroatoms. The van der Waals surface area contributed by atoms with Crippen molar-refractivity contribution in [2.45, 2.75) is 52.2 Å². The van der Waals surface area contributed by atoms with Crippen LogP contribution in [0.3, 0.4) is 0 Å². The van der Waals surface area contributed by atoms with Crippen molar-refractivity contribution >= 4 is 0 Å². The van der Waals surface area contributed by atoms with Crippen LogP contribution in [-0.4, -0.2) is 6.10 Å². The Hall–Kier alpha value is -0.820. The van der Waals surface area contributed by atoms with Gasteiger partial charge < -0.3 is 4.74 Å². The summed E-state index contributed by atoms with van der Waals surface area (Å²) in [6, 6.07) is 10.3. The minimum Gasteiger partial charge on any atom is -0.374 e. The van der Waals surface area contributed by atoms with Crippen LogP contribution in [-0.2, 0) is 11.3 Å². The van der Waals surface area contributed by atoms with Crippen LogP contribution in [0.15, 0.2) is 30.3 Å². The largest absolute Gasteiger partial charge is 0.374 e. The van der Waals surface area contributed by atoms with Crippen LogP contribution in [0.5, 0.6) is 0 Å². The van der Waals surface area contributed by atoms with Gasteiger partial charge in [0, 0.05) is 0 Å². The third-order valence-corrected chi connectivity index (χ3v) is 2.66. The smallest absolute Gasteiger partial charge is 0.0720 e. The molecule has 0 heterocycles. The van der Waals surface area contributed by atoms with Gasteiger partial charge >= 0.3 is 0 Å². The molecule has 0 fully saturated rings. The average molecular weight is 219 g/mol. The van der Waals surface area contributed by atoms with Gasteiger partial charge in [-0.25, -0.2) is 0 Å². The lowest BCUT2D eigenvalue weighted by Crippen LogP contribution is -2.08. The van der Waals surface area contributed by atoms with Crippen molar-refractivity contribution in [3.63, 3.8) is 0 Å². The molecule has 0 spiro atoms. The molecule has 0 bridgehead atoms. The molecule has 89 valence electrons. The lowest BCUT2D eigenvalue weighted by molar-refractivity contribution is 0.0716. The van der Waals surface area contributed by atoms with E-state index in [0.717, 1.165) is 0 Å². The Morgan fingerprint density at radius 2 is 1.94 bits per heavy atom. The first-order valence-electron chi connectivity index (χ1n) is 6.31. The van der Waals surface area contributed by atoms with E-state index in [0.29, 0.717) is 6.61 Å². The Labute approximate surface area is 99.8 Å². The molecule has 1 nitrogen and oxygen atoms in total. The van der Waals surface area contributed by atoms with Gasteiger partial charge in [-0.3, -0.25) is 0 Å². The van der Waals surface area contributed by atoms with E-state index < -0.39 is 0 Å². The second-order valence-electron chi connectivity index (χ2n) is 4.23. The molecule has 1 rings (SSSR count). The van der Waals surface area contributed by atoms with Gasteiger partial charge in [-0.1, -0.05) is 56.5 Å². The molecule has 0 aliphatic heterocycles. The molecule has 0 N–H and O–H groups in total. The highest BCUT2D eigenvalue weighted by Gasteiger charge is 2.02. The Balaban J connectivity index is 2.08. The molecule has 0 aromatic heterocycles. The number of benzene rings is 1. The van der Waals surface area contributed by atoms with Crippen LogP contribution in [0.2, 0.25) is 0 Å². The lowest BCUT2D eigenvalue weighted by Gasteiger charge is -2.12. The number of rotatable bonds is 8. The second-order valence-corrected chi connectivity index (χ2v) is 4.23. The molecule has 1 aromatic carbocycles. The first-order chi connectivity index (χ1) is 7.83. The summed E-state index contributed by atoms with van der Waals surface area (Å²) >= 11 is 0. The van der Waals surface area contributed by atoms with Gasteiger partial charge in [0.15, 0.2) is 0 Å². The lowest BCUT2D eigenvalue weighted by atomic mass is 10.1. The van der Waals surface area contributed by atoms with E-state index in [2.05, 4.69) is 32.4 Å². The van der Waals surface area contributed by atoms with Crippen LogP contribution in [0, 0.1) is 6.42 Å². The zero-order valence-electron chi connectivity index (χ0n) is 10.5. The van der Waals surface area contributed by atoms with Crippen molar-refractivity contribution in [1.29, 1.82) is 0 Å². The Morgan fingerprint density at radius 1 is 1.19 bits per heavy atom. The van der Waals surface area contributed by atoms with Gasteiger partial charge in [0.1, 0.15) is 0 Å². The molecule has 1 aromatic rings. The fourth-order valence-corrected chi connectivity index (χ4v) is 1.62. The zero-order chi connectivity index (χ0) is 11.6. The monoisotopic (exact) mass is 219 g/mol. The van der Waals surface area contributed by atoms with Crippen molar-refractivity contribution in [2.75, 3.05) is 0 Å². The first-order valence-corrected chi connectivity index (χ1v) is 6.31. The van der Waals surface area contributed by atoms with Gasteiger partial charge in [-0.2, -0.15) is 0 Å². The van der Waals surface area contributed by atoms with Crippen LogP contribution >= 0.6 is 0 Å². The summed E-state index contributed by atoms with van der Waals surface area (Å²) in [6.07, 6.45) is 7.60. The van der Waals surface area contributed by atoms with Crippen LogP contribution in [0.25, 0.3) is 0 Å². The molecule has 0 aliphatic carbocycles. The van der Waals surface area contributed by atoms with Crippen LogP contribution < -0.4 is 0 Å². The summed E-state index contributed by atoms with van der Waals surface area (Å²) < 4.78 is 5.75. The number of unbranched alkanes of at least 4 members (excludes halogenated alkanes) is 3. The zero-order valence-corrected chi connectivity index (χ0v) is 10.5. The highest BCUT2D eigenvalue weighted by atomic mass is 16.5. The molecule has 1 atom stereocenters. The molecule has 0 aliphatic rings. The summed E-state index contributed by atoms with van der Waals surface area (Å²) in [5.74, 6) is 0. The first kappa shape index (κ1) is 13.2. The number of hydrogen-bond donors (Lipinski definition) is 0. The van der Waals surface area contributed by atoms with Crippen LogP contribution in [0.4, 0.5) is 0 Å². The minimum atomic E-state index is 0.261. The Bertz CT molecular complexity index is 255. The molecule has 0 saturated carbocycles. The summed E-state index contributed by atoms with van der Waals surface area (Å²) in [6.45, 7) is 5.07. The SMILES string of the molecule is CCCCC[CH]C(C)OCc1ccccc1. The molecule has 1 unspecified atom stereocenters. The summed E-state index contributed by atoms with van der Waals surface area (Å²) in [5.41, 5.74) is 1.25. The highest BCUT2D eigenvalue weighted by molar-refractivity contribution is 5.13. The average Bonchev–Trinajstić information content (AvgIpc) is 2.33. The Morgan fingerprint density at radius 3 is 2.62 bits per heavy atom. The maximum Gasteiger partial charge on any atom is 0.0720 e. The third kappa shape index (κ3) is 5.92. The van der Waals surface area contributed by atoms with Crippen molar-refractivity contribution in [2.24, 2.45) is 0 Å². The maximum atomic E-state index is 5.75.